The van der Waals surface area contributed by atoms with Crippen LogP contribution in [0.25, 0.3) is 0 Å². The highest BCUT2D eigenvalue weighted by molar-refractivity contribution is 8.01. The number of carbonyl (C=O) groups excluding carboxylic acids is 1. The van der Waals surface area contributed by atoms with Crippen LogP contribution in [0.3, 0.4) is 0 Å². The number of aromatic carboxylic acids is 1. The number of carboxylic acid groups (broad SMARTS) is 1. The molecular weight excluding hydrogens is 394 g/mol. The molecule has 2 N–H and O–H groups in total. The van der Waals surface area contributed by atoms with Crippen LogP contribution in [0.5, 0.6) is 0 Å². The maximum atomic E-state index is 12.3. The number of carbonyl (C=O) groups is 2. The van der Waals surface area contributed by atoms with Crippen molar-refractivity contribution in [2.24, 2.45) is 0 Å². The summed E-state index contributed by atoms with van der Waals surface area (Å²) >= 11 is 2.83. The molecule has 1 saturated heterocycles. The van der Waals surface area contributed by atoms with Gasteiger partial charge in [-0.1, -0.05) is 36.9 Å². The Morgan fingerprint density at radius 1 is 1.46 bits per heavy atom. The van der Waals surface area contributed by atoms with E-state index in [0.717, 1.165) is 23.7 Å². The molecule has 1 aliphatic heterocycles. The SMILES string of the molecule is CCc1cccc(C)c1NC[C@H]1CCC(=O)N1CCSc1nc(C(=O)O)cs1. The van der Waals surface area contributed by atoms with Crippen molar-refractivity contribution < 1.29 is 14.7 Å². The first-order valence-corrected chi connectivity index (χ1v) is 11.3. The van der Waals surface area contributed by atoms with E-state index in [9.17, 15) is 9.59 Å². The molecule has 8 heteroatoms. The van der Waals surface area contributed by atoms with Crippen molar-refractivity contribution in [2.45, 2.75) is 43.5 Å². The molecule has 150 valence electrons. The number of aryl methyl sites for hydroxylation is 2. The number of rotatable bonds is 9. The number of thiazole rings is 1. The number of benzene rings is 1. The van der Waals surface area contributed by atoms with Gasteiger partial charge in [0, 0.05) is 42.4 Å². The van der Waals surface area contributed by atoms with Crippen LogP contribution >= 0.6 is 23.1 Å². The molecule has 1 fully saturated rings. The minimum absolute atomic E-state index is 0.0804. The van der Waals surface area contributed by atoms with Gasteiger partial charge in [-0.05, 0) is 30.9 Å². The maximum absolute atomic E-state index is 12.3. The van der Waals surface area contributed by atoms with Crippen molar-refractivity contribution in [2.75, 3.05) is 24.2 Å². The van der Waals surface area contributed by atoms with Gasteiger partial charge in [0.2, 0.25) is 5.91 Å². The van der Waals surface area contributed by atoms with Crippen molar-refractivity contribution in [1.29, 1.82) is 0 Å². The Labute approximate surface area is 173 Å². The molecule has 0 saturated carbocycles. The number of hydrogen-bond donors (Lipinski definition) is 2. The molecule has 6 nitrogen and oxygen atoms in total. The first-order chi connectivity index (χ1) is 13.5. The van der Waals surface area contributed by atoms with Crippen LogP contribution in [0.15, 0.2) is 27.9 Å². The number of para-hydroxylation sites is 1. The number of carboxylic acids is 1. The predicted octanol–water partition coefficient (Wildman–Crippen LogP) is 3.91. The Morgan fingerprint density at radius 3 is 3.00 bits per heavy atom. The second kappa shape index (κ2) is 9.43. The van der Waals surface area contributed by atoms with Gasteiger partial charge in [-0.15, -0.1) is 11.3 Å². The third-order valence-electron chi connectivity index (χ3n) is 4.97. The van der Waals surface area contributed by atoms with E-state index < -0.39 is 5.97 Å². The summed E-state index contributed by atoms with van der Waals surface area (Å²) in [5, 5.41) is 14.1. The molecule has 1 atom stereocenters. The van der Waals surface area contributed by atoms with E-state index in [-0.39, 0.29) is 17.6 Å². The third kappa shape index (κ3) is 4.86. The summed E-state index contributed by atoms with van der Waals surface area (Å²) in [6.45, 7) is 5.65. The van der Waals surface area contributed by atoms with Gasteiger partial charge >= 0.3 is 5.97 Å². The smallest absolute Gasteiger partial charge is 0.355 e. The van der Waals surface area contributed by atoms with E-state index in [1.807, 2.05) is 4.90 Å². The predicted molar refractivity (Wildman–Crippen MR) is 114 cm³/mol. The molecule has 1 amide bonds. The van der Waals surface area contributed by atoms with Crippen molar-refractivity contribution in [1.82, 2.24) is 9.88 Å². The van der Waals surface area contributed by atoms with E-state index in [1.54, 1.807) is 5.38 Å². The van der Waals surface area contributed by atoms with Gasteiger partial charge in [-0.3, -0.25) is 4.79 Å². The van der Waals surface area contributed by atoms with Crippen LogP contribution < -0.4 is 5.32 Å². The minimum Gasteiger partial charge on any atom is -0.476 e. The van der Waals surface area contributed by atoms with Gasteiger partial charge in [0.15, 0.2) is 10.0 Å². The lowest BCUT2D eigenvalue weighted by atomic mass is 10.1. The highest BCUT2D eigenvalue weighted by Gasteiger charge is 2.30. The first kappa shape index (κ1) is 20.7. The van der Waals surface area contributed by atoms with Crippen molar-refractivity contribution in [3.05, 3.63) is 40.4 Å². The topological polar surface area (TPSA) is 82.5 Å². The number of hydrogen-bond acceptors (Lipinski definition) is 6. The number of amides is 1. The molecule has 1 aliphatic rings. The van der Waals surface area contributed by atoms with E-state index in [2.05, 4.69) is 42.3 Å². The molecule has 0 spiro atoms. The molecule has 1 aromatic heterocycles. The van der Waals surface area contributed by atoms with E-state index >= 15 is 0 Å². The molecule has 1 aromatic carbocycles. The van der Waals surface area contributed by atoms with E-state index in [1.165, 1.54) is 39.9 Å². The quantitative estimate of drug-likeness (QED) is 0.600. The summed E-state index contributed by atoms with van der Waals surface area (Å²) in [6.07, 6.45) is 2.43. The summed E-state index contributed by atoms with van der Waals surface area (Å²) in [6, 6.07) is 6.51. The van der Waals surface area contributed by atoms with Crippen LogP contribution in [0, 0.1) is 6.92 Å². The summed E-state index contributed by atoms with van der Waals surface area (Å²) < 4.78 is 0.728. The normalized spacial score (nSPS) is 16.6. The summed E-state index contributed by atoms with van der Waals surface area (Å²) in [7, 11) is 0. The van der Waals surface area contributed by atoms with Crippen molar-refractivity contribution >= 4 is 40.7 Å². The van der Waals surface area contributed by atoms with Crippen LogP contribution in [0.1, 0.15) is 41.4 Å². The van der Waals surface area contributed by atoms with Gasteiger partial charge in [0.05, 0.1) is 0 Å². The van der Waals surface area contributed by atoms with Crippen LogP contribution in [0.4, 0.5) is 5.69 Å². The summed E-state index contributed by atoms with van der Waals surface area (Å²) in [5.74, 6) is -0.107. The third-order valence-corrected chi connectivity index (χ3v) is 6.97. The van der Waals surface area contributed by atoms with Gasteiger partial charge in [-0.25, -0.2) is 9.78 Å². The highest BCUT2D eigenvalue weighted by Crippen LogP contribution is 2.26. The van der Waals surface area contributed by atoms with Crippen LogP contribution in [-0.2, 0) is 11.2 Å². The minimum atomic E-state index is -1.01. The molecule has 0 bridgehead atoms. The maximum Gasteiger partial charge on any atom is 0.355 e. The fraction of sp³-hybridized carbons (Fsp3) is 0.450. The van der Waals surface area contributed by atoms with E-state index in [0.29, 0.717) is 18.7 Å². The second-order valence-corrected chi connectivity index (χ2v) is 8.98. The fourth-order valence-corrected chi connectivity index (χ4v) is 5.27. The number of anilines is 1. The zero-order valence-electron chi connectivity index (χ0n) is 16.1. The standard InChI is InChI=1S/C20H25N3O3S2/c1-3-14-6-4-5-13(2)18(14)21-11-15-7-8-17(24)23(15)9-10-27-20-22-16(12-28-20)19(25)26/h4-6,12,15,21H,3,7-11H2,1-2H3,(H,25,26)/t15-/m1/s1. The van der Waals surface area contributed by atoms with Gasteiger partial charge in [-0.2, -0.15) is 0 Å². The monoisotopic (exact) mass is 419 g/mol. The zero-order valence-corrected chi connectivity index (χ0v) is 17.7. The lowest BCUT2D eigenvalue weighted by Gasteiger charge is -2.26. The molecule has 28 heavy (non-hydrogen) atoms. The van der Waals surface area contributed by atoms with E-state index in [4.69, 9.17) is 5.11 Å². The lowest BCUT2D eigenvalue weighted by Crippen LogP contribution is -2.39. The van der Waals surface area contributed by atoms with Crippen molar-refractivity contribution in [3.8, 4) is 0 Å². The average molecular weight is 420 g/mol. The number of nitrogens with zero attached hydrogens (tertiary/aromatic N) is 2. The zero-order chi connectivity index (χ0) is 20.1. The van der Waals surface area contributed by atoms with Crippen LogP contribution in [0.2, 0.25) is 0 Å². The average Bonchev–Trinajstić information content (AvgIpc) is 3.28. The molecule has 2 aromatic rings. The largest absolute Gasteiger partial charge is 0.476 e. The number of nitrogens with one attached hydrogen (secondary N) is 1. The highest BCUT2D eigenvalue weighted by atomic mass is 32.2. The Bertz CT molecular complexity index is 853. The number of likely N-dealkylation sites (tertiary alicyclic amines) is 1. The Kier molecular flexibility index (Phi) is 6.96. The van der Waals surface area contributed by atoms with Crippen molar-refractivity contribution in [3.63, 3.8) is 0 Å². The second-order valence-electron chi connectivity index (χ2n) is 6.78. The van der Waals surface area contributed by atoms with Gasteiger partial charge in [0.1, 0.15) is 0 Å². The molecule has 0 radical (unpaired) electrons. The summed E-state index contributed by atoms with van der Waals surface area (Å²) in [5.41, 5.74) is 3.78. The first-order valence-electron chi connectivity index (χ1n) is 9.43. The van der Waals surface area contributed by atoms with Gasteiger partial charge < -0.3 is 15.3 Å². The molecule has 0 aliphatic carbocycles. The Balaban J connectivity index is 1.55. The fourth-order valence-electron chi connectivity index (χ4n) is 3.46. The number of thioether (sulfide) groups is 1. The number of aromatic nitrogens is 1. The molecular formula is C20H25N3O3S2. The molecule has 3 rings (SSSR count). The Hall–Kier alpha value is -2.06. The molecule has 2 heterocycles. The summed E-state index contributed by atoms with van der Waals surface area (Å²) in [4.78, 5) is 29.3. The van der Waals surface area contributed by atoms with Crippen LogP contribution in [-0.4, -0.2) is 51.8 Å². The molecule has 0 unspecified atom stereocenters. The van der Waals surface area contributed by atoms with Gasteiger partial charge in [0.25, 0.3) is 0 Å². The Morgan fingerprint density at radius 2 is 2.29 bits per heavy atom. The lowest BCUT2D eigenvalue weighted by molar-refractivity contribution is -0.128.